The van der Waals surface area contributed by atoms with Gasteiger partial charge < -0.3 is 14.5 Å². The molecule has 5 rings (SSSR count). The molecule has 1 spiro atoms. The predicted molar refractivity (Wildman–Crippen MR) is 138 cm³/mol. The normalized spacial score (nSPS) is 22.0. The first kappa shape index (κ1) is 26.5. The van der Waals surface area contributed by atoms with Crippen molar-refractivity contribution in [3.05, 3.63) is 17.3 Å². The highest BCUT2D eigenvalue weighted by Gasteiger charge is 2.50. The number of amides is 1. The largest absolute Gasteiger partial charge is 0.444 e. The molecule has 3 aliphatic heterocycles. The first-order valence-corrected chi connectivity index (χ1v) is 13.9. The highest BCUT2D eigenvalue weighted by atomic mass is 32.1. The molecule has 0 saturated carbocycles. The molecule has 0 unspecified atom stereocenters. The van der Waals surface area contributed by atoms with Crippen LogP contribution in [0.3, 0.4) is 0 Å². The smallest absolute Gasteiger partial charge is 0.410 e. The fraction of sp³-hybridized carbons (Fsp3) is 0.731. The van der Waals surface area contributed by atoms with Crippen LogP contribution in [0, 0.1) is 11.3 Å². The number of nitrogens with zero attached hydrogens (tertiary/aromatic N) is 5. The lowest BCUT2D eigenvalue weighted by molar-refractivity contribution is -0.126. The van der Waals surface area contributed by atoms with Crippen LogP contribution >= 0.6 is 11.3 Å². The van der Waals surface area contributed by atoms with E-state index in [1.165, 1.54) is 6.33 Å². The summed E-state index contributed by atoms with van der Waals surface area (Å²) in [5.41, 5.74) is -0.276. The van der Waals surface area contributed by atoms with Gasteiger partial charge in [0.1, 0.15) is 22.6 Å². The molecule has 0 bridgehead atoms. The van der Waals surface area contributed by atoms with E-state index in [4.69, 9.17) is 4.74 Å². The summed E-state index contributed by atoms with van der Waals surface area (Å²) in [5, 5.41) is 0.727. The number of aromatic nitrogens is 2. The van der Waals surface area contributed by atoms with Crippen molar-refractivity contribution in [2.24, 2.45) is 11.3 Å². The van der Waals surface area contributed by atoms with Gasteiger partial charge in [0, 0.05) is 55.6 Å². The molecule has 1 atom stereocenters. The molecule has 5 heterocycles. The summed E-state index contributed by atoms with van der Waals surface area (Å²) < 4.78 is 44.3. The maximum absolute atomic E-state index is 12.9. The van der Waals surface area contributed by atoms with Crippen molar-refractivity contribution in [3.63, 3.8) is 0 Å². The number of likely N-dealkylation sites (tertiary alicyclic amines) is 2. The number of piperidine rings is 1. The molecular formula is C26H36F3N5O2S. The zero-order chi connectivity index (χ0) is 26.6. The fourth-order valence-corrected chi connectivity index (χ4v) is 7.12. The van der Waals surface area contributed by atoms with Crippen LogP contribution in [0.1, 0.15) is 51.8 Å². The van der Waals surface area contributed by atoms with Crippen molar-refractivity contribution in [1.29, 1.82) is 0 Å². The Morgan fingerprint density at radius 2 is 1.86 bits per heavy atom. The minimum atomic E-state index is -4.23. The molecule has 1 amide bonds. The van der Waals surface area contributed by atoms with Gasteiger partial charge in [0.15, 0.2) is 0 Å². The van der Waals surface area contributed by atoms with E-state index in [2.05, 4.69) is 26.7 Å². The average molecular weight is 540 g/mol. The Labute approximate surface area is 220 Å². The Kier molecular flexibility index (Phi) is 6.83. The summed E-state index contributed by atoms with van der Waals surface area (Å²) in [6.45, 7) is 13.2. The minimum Gasteiger partial charge on any atom is -0.444 e. The number of carbonyl (C=O) groups excluding carboxylic acids is 1. The van der Waals surface area contributed by atoms with Gasteiger partial charge in [-0.15, -0.1) is 11.3 Å². The van der Waals surface area contributed by atoms with E-state index in [9.17, 15) is 18.0 Å². The highest BCUT2D eigenvalue weighted by molar-refractivity contribution is 7.18. The average Bonchev–Trinajstić information content (AvgIpc) is 3.39. The number of thiophene rings is 1. The van der Waals surface area contributed by atoms with Crippen LogP contribution in [0.4, 0.5) is 23.8 Å². The Morgan fingerprint density at radius 3 is 2.51 bits per heavy atom. The van der Waals surface area contributed by atoms with Crippen molar-refractivity contribution >= 4 is 33.5 Å². The number of alkyl halides is 3. The zero-order valence-corrected chi connectivity index (χ0v) is 22.8. The third-order valence-corrected chi connectivity index (χ3v) is 9.04. The standard InChI is InChI=1S/C26H36F3N5O2S/c1-17(18-5-8-32(9-6-18)23(35)36-24(2,3)4)34-14-25(15-34)7-10-33(13-25)21-20-11-19(12-26(27,28)29)37-22(20)31-16-30-21/h11,16-18H,5-10,12-15H2,1-4H3/t17-/m0/s1. The number of rotatable bonds is 4. The van der Waals surface area contributed by atoms with Gasteiger partial charge in [-0.25, -0.2) is 14.8 Å². The third kappa shape index (κ3) is 5.82. The minimum absolute atomic E-state index is 0.202. The molecule has 204 valence electrons. The summed E-state index contributed by atoms with van der Waals surface area (Å²) >= 11 is 1.10. The van der Waals surface area contributed by atoms with E-state index in [1.54, 1.807) is 6.07 Å². The topological polar surface area (TPSA) is 61.8 Å². The van der Waals surface area contributed by atoms with Crippen LogP contribution in [0.5, 0.6) is 0 Å². The summed E-state index contributed by atoms with van der Waals surface area (Å²) in [6.07, 6.45) is -0.900. The van der Waals surface area contributed by atoms with Crippen LogP contribution < -0.4 is 4.90 Å². The van der Waals surface area contributed by atoms with Gasteiger partial charge in [0.05, 0.1) is 11.8 Å². The van der Waals surface area contributed by atoms with Crippen LogP contribution in [0.25, 0.3) is 10.2 Å². The van der Waals surface area contributed by atoms with Gasteiger partial charge >= 0.3 is 12.3 Å². The van der Waals surface area contributed by atoms with Crippen molar-refractivity contribution in [2.75, 3.05) is 44.2 Å². The number of carbonyl (C=O) groups is 1. The molecule has 0 aromatic carbocycles. The Balaban J connectivity index is 1.15. The van der Waals surface area contributed by atoms with Crippen LogP contribution in [0.15, 0.2) is 12.4 Å². The second kappa shape index (κ2) is 9.55. The maximum atomic E-state index is 12.9. The summed E-state index contributed by atoms with van der Waals surface area (Å²) in [5.74, 6) is 1.31. The third-order valence-electron chi connectivity index (χ3n) is 8.00. The molecule has 2 aromatic heterocycles. The lowest BCUT2D eigenvalue weighted by atomic mass is 9.76. The van der Waals surface area contributed by atoms with E-state index in [-0.39, 0.29) is 16.4 Å². The second-order valence-electron chi connectivity index (χ2n) is 12.0. The van der Waals surface area contributed by atoms with Crippen molar-refractivity contribution in [3.8, 4) is 0 Å². The number of fused-ring (bicyclic) bond motifs is 1. The summed E-state index contributed by atoms with van der Waals surface area (Å²) in [6, 6.07) is 2.07. The summed E-state index contributed by atoms with van der Waals surface area (Å²) in [4.78, 5) is 28.6. The quantitative estimate of drug-likeness (QED) is 0.523. The zero-order valence-electron chi connectivity index (χ0n) is 22.0. The van der Waals surface area contributed by atoms with E-state index in [0.717, 1.165) is 81.1 Å². The Morgan fingerprint density at radius 1 is 1.16 bits per heavy atom. The maximum Gasteiger partial charge on any atom is 0.410 e. The monoisotopic (exact) mass is 539 g/mol. The first-order valence-electron chi connectivity index (χ1n) is 13.1. The van der Waals surface area contributed by atoms with Crippen LogP contribution in [-0.4, -0.2) is 82.9 Å². The SMILES string of the molecule is C[C@@H](C1CCN(C(=O)OC(C)(C)C)CC1)N1CC2(CCN(c3ncnc4sc(CC(F)(F)F)cc34)C2)C1. The Bertz CT molecular complexity index is 1130. The molecule has 0 aliphatic carbocycles. The highest BCUT2D eigenvalue weighted by Crippen LogP contribution is 2.45. The van der Waals surface area contributed by atoms with Gasteiger partial charge in [0.25, 0.3) is 0 Å². The van der Waals surface area contributed by atoms with E-state index in [0.29, 0.717) is 16.8 Å². The van der Waals surface area contributed by atoms with E-state index in [1.807, 2.05) is 25.7 Å². The number of hydrogen-bond donors (Lipinski definition) is 0. The van der Waals surface area contributed by atoms with E-state index < -0.39 is 18.2 Å². The number of ether oxygens (including phenoxy) is 1. The van der Waals surface area contributed by atoms with Gasteiger partial charge in [0.2, 0.25) is 0 Å². The molecule has 7 nitrogen and oxygen atoms in total. The first-order chi connectivity index (χ1) is 17.3. The van der Waals surface area contributed by atoms with Gasteiger partial charge in [-0.3, -0.25) is 4.90 Å². The van der Waals surface area contributed by atoms with Crippen molar-refractivity contribution in [2.45, 2.75) is 71.2 Å². The molecule has 2 aromatic rings. The molecule has 3 fully saturated rings. The molecule has 0 N–H and O–H groups in total. The van der Waals surface area contributed by atoms with Gasteiger partial charge in [-0.1, -0.05) is 0 Å². The molecule has 37 heavy (non-hydrogen) atoms. The lowest BCUT2D eigenvalue weighted by Crippen LogP contribution is -2.62. The van der Waals surface area contributed by atoms with Crippen LogP contribution in [0.2, 0.25) is 0 Å². The van der Waals surface area contributed by atoms with Crippen LogP contribution in [-0.2, 0) is 11.2 Å². The Hall–Kier alpha value is -2.14. The molecular weight excluding hydrogens is 503 g/mol. The van der Waals surface area contributed by atoms with Gasteiger partial charge in [-0.2, -0.15) is 13.2 Å². The van der Waals surface area contributed by atoms with Crippen molar-refractivity contribution < 1.29 is 22.7 Å². The molecule has 3 saturated heterocycles. The number of halogens is 3. The number of anilines is 1. The number of hydrogen-bond acceptors (Lipinski definition) is 7. The lowest BCUT2D eigenvalue weighted by Gasteiger charge is -2.53. The predicted octanol–water partition coefficient (Wildman–Crippen LogP) is 5.34. The van der Waals surface area contributed by atoms with Crippen molar-refractivity contribution in [1.82, 2.24) is 19.8 Å². The molecule has 0 radical (unpaired) electrons. The van der Waals surface area contributed by atoms with E-state index >= 15 is 0 Å². The molecule has 3 aliphatic rings. The second-order valence-corrected chi connectivity index (χ2v) is 13.2. The fourth-order valence-electron chi connectivity index (χ4n) is 6.10. The summed E-state index contributed by atoms with van der Waals surface area (Å²) in [7, 11) is 0. The van der Waals surface area contributed by atoms with Gasteiger partial charge in [-0.05, 0) is 58.9 Å². The molecule has 11 heteroatoms.